The largest absolute Gasteiger partial charge is 0.449 e. The van der Waals surface area contributed by atoms with Crippen molar-refractivity contribution in [2.24, 2.45) is 11.8 Å². The molecule has 0 aromatic carbocycles. The summed E-state index contributed by atoms with van der Waals surface area (Å²) in [6.07, 6.45) is 8.84. The zero-order valence-corrected chi connectivity index (χ0v) is 15.7. The molecule has 1 saturated carbocycles. The minimum absolute atomic E-state index is 0.0274. The average Bonchev–Trinajstić information content (AvgIpc) is 3.06. The molecular weight excluding hydrogens is 320 g/mol. The van der Waals surface area contributed by atoms with Crippen molar-refractivity contribution >= 4 is 12.0 Å². The van der Waals surface area contributed by atoms with Crippen LogP contribution in [0.1, 0.15) is 46.0 Å². The predicted molar refractivity (Wildman–Crippen MR) is 96.2 cm³/mol. The highest BCUT2D eigenvalue weighted by molar-refractivity contribution is 5.87. The molecule has 6 heteroatoms. The molecule has 1 aliphatic heterocycles. The normalized spacial score (nSPS) is 22.2. The molecule has 0 aromatic rings. The molecule has 2 amide bonds. The van der Waals surface area contributed by atoms with Crippen molar-refractivity contribution in [3.8, 4) is 0 Å². The maximum atomic E-state index is 13.2. The Balaban J connectivity index is 2.05. The molecule has 2 rings (SSSR count). The fourth-order valence-corrected chi connectivity index (χ4v) is 3.58. The lowest BCUT2D eigenvalue weighted by atomic mass is 9.83. The van der Waals surface area contributed by atoms with Crippen LogP contribution in [0.25, 0.3) is 0 Å². The number of nitrogens with zero attached hydrogens (tertiary/aromatic N) is 1. The summed E-state index contributed by atoms with van der Waals surface area (Å²) >= 11 is 0. The Kier molecular flexibility index (Phi) is 7.75. The number of ether oxygens (including phenoxy) is 2. The second kappa shape index (κ2) is 9.80. The highest BCUT2D eigenvalue weighted by atomic mass is 16.5. The Morgan fingerprint density at radius 1 is 1.24 bits per heavy atom. The van der Waals surface area contributed by atoms with E-state index in [0.717, 1.165) is 25.7 Å². The standard InChI is InChI=1S/C19H32N2O4/c1-14(2)12-25-19(23)20-17(15-8-5-4-6-9-15)18(22)21-11-7-10-16(21)13-24-3/h7,10,14-17H,4-6,8-9,11-13H2,1-3H3,(H,20,23)/t16-,17?/m0/s1. The van der Waals surface area contributed by atoms with Crippen LogP contribution in [-0.4, -0.2) is 55.9 Å². The Morgan fingerprint density at radius 2 is 1.96 bits per heavy atom. The van der Waals surface area contributed by atoms with Gasteiger partial charge in [-0.2, -0.15) is 0 Å². The first kappa shape index (κ1) is 19.8. The van der Waals surface area contributed by atoms with Crippen LogP contribution in [0.2, 0.25) is 0 Å². The molecule has 1 N–H and O–H groups in total. The second-order valence-corrected chi connectivity index (χ2v) is 7.45. The number of hydrogen-bond acceptors (Lipinski definition) is 4. The van der Waals surface area contributed by atoms with Gasteiger partial charge in [0.25, 0.3) is 0 Å². The van der Waals surface area contributed by atoms with Gasteiger partial charge in [0.2, 0.25) is 5.91 Å². The summed E-state index contributed by atoms with van der Waals surface area (Å²) in [6, 6.07) is -0.573. The quantitative estimate of drug-likeness (QED) is 0.716. The number of methoxy groups -OCH3 is 1. The van der Waals surface area contributed by atoms with Crippen molar-refractivity contribution in [2.45, 2.75) is 58.0 Å². The van der Waals surface area contributed by atoms with E-state index in [-0.39, 0.29) is 23.8 Å². The minimum atomic E-state index is -0.515. The average molecular weight is 352 g/mol. The van der Waals surface area contributed by atoms with Crippen LogP contribution in [-0.2, 0) is 14.3 Å². The lowest BCUT2D eigenvalue weighted by Crippen LogP contribution is -2.54. The number of hydrogen-bond donors (Lipinski definition) is 1. The number of rotatable bonds is 7. The zero-order chi connectivity index (χ0) is 18.2. The first-order valence-corrected chi connectivity index (χ1v) is 9.42. The van der Waals surface area contributed by atoms with Gasteiger partial charge in [0.1, 0.15) is 6.04 Å². The van der Waals surface area contributed by atoms with Gasteiger partial charge in [-0.1, -0.05) is 45.3 Å². The summed E-state index contributed by atoms with van der Waals surface area (Å²) in [6.45, 7) is 5.37. The number of carbonyl (C=O) groups excluding carboxylic acids is 2. The Morgan fingerprint density at radius 3 is 2.60 bits per heavy atom. The molecule has 1 unspecified atom stereocenters. The van der Waals surface area contributed by atoms with E-state index in [1.54, 1.807) is 12.0 Å². The van der Waals surface area contributed by atoms with Crippen LogP contribution < -0.4 is 5.32 Å². The molecule has 6 nitrogen and oxygen atoms in total. The van der Waals surface area contributed by atoms with Gasteiger partial charge in [0, 0.05) is 13.7 Å². The van der Waals surface area contributed by atoms with E-state index in [1.165, 1.54) is 6.42 Å². The molecule has 142 valence electrons. The topological polar surface area (TPSA) is 67.9 Å². The first-order chi connectivity index (χ1) is 12.0. The number of nitrogens with one attached hydrogen (secondary N) is 1. The number of carbonyl (C=O) groups is 2. The molecule has 0 radical (unpaired) electrons. The molecule has 1 heterocycles. The third-order valence-corrected chi connectivity index (χ3v) is 4.89. The van der Waals surface area contributed by atoms with Crippen molar-refractivity contribution in [3.05, 3.63) is 12.2 Å². The third-order valence-electron chi connectivity index (χ3n) is 4.89. The zero-order valence-electron chi connectivity index (χ0n) is 15.7. The summed E-state index contributed by atoms with van der Waals surface area (Å²) in [5.41, 5.74) is 0. The van der Waals surface area contributed by atoms with Crippen molar-refractivity contribution in [2.75, 3.05) is 26.9 Å². The van der Waals surface area contributed by atoms with Crippen molar-refractivity contribution < 1.29 is 19.1 Å². The monoisotopic (exact) mass is 352 g/mol. The van der Waals surface area contributed by atoms with Crippen molar-refractivity contribution in [1.29, 1.82) is 0 Å². The highest BCUT2D eigenvalue weighted by Crippen LogP contribution is 2.28. The van der Waals surface area contributed by atoms with Gasteiger partial charge in [-0.25, -0.2) is 4.79 Å². The van der Waals surface area contributed by atoms with Crippen LogP contribution in [0, 0.1) is 11.8 Å². The van der Waals surface area contributed by atoms with E-state index in [9.17, 15) is 9.59 Å². The molecule has 1 fully saturated rings. The molecule has 0 bridgehead atoms. The Labute approximate surface area is 150 Å². The smallest absolute Gasteiger partial charge is 0.407 e. The van der Waals surface area contributed by atoms with E-state index in [1.807, 2.05) is 26.0 Å². The molecule has 0 spiro atoms. The summed E-state index contributed by atoms with van der Waals surface area (Å²) in [5, 5.41) is 2.86. The molecular formula is C19H32N2O4. The molecule has 0 aromatic heterocycles. The van der Waals surface area contributed by atoms with Gasteiger partial charge in [0.05, 0.1) is 19.3 Å². The van der Waals surface area contributed by atoms with Gasteiger partial charge in [-0.05, 0) is 24.7 Å². The van der Waals surface area contributed by atoms with Crippen LogP contribution in [0.4, 0.5) is 4.79 Å². The summed E-state index contributed by atoms with van der Waals surface area (Å²) in [7, 11) is 1.63. The van der Waals surface area contributed by atoms with E-state index in [2.05, 4.69) is 5.32 Å². The second-order valence-electron chi connectivity index (χ2n) is 7.45. The molecule has 0 saturated heterocycles. The summed E-state index contributed by atoms with van der Waals surface area (Å²) in [5.74, 6) is 0.417. The van der Waals surface area contributed by atoms with Gasteiger partial charge in [-0.15, -0.1) is 0 Å². The van der Waals surface area contributed by atoms with Gasteiger partial charge < -0.3 is 19.7 Å². The van der Waals surface area contributed by atoms with Crippen molar-refractivity contribution in [1.82, 2.24) is 10.2 Å². The Bertz CT molecular complexity index is 472. The maximum Gasteiger partial charge on any atom is 0.407 e. The SMILES string of the molecule is COC[C@@H]1C=CCN1C(=O)C(NC(=O)OCC(C)C)C1CCCCC1. The molecule has 2 atom stereocenters. The Hall–Kier alpha value is -1.56. The molecule has 25 heavy (non-hydrogen) atoms. The van der Waals surface area contributed by atoms with Crippen molar-refractivity contribution in [3.63, 3.8) is 0 Å². The summed E-state index contributed by atoms with van der Waals surface area (Å²) in [4.78, 5) is 27.1. The van der Waals surface area contributed by atoms with Gasteiger partial charge in [0.15, 0.2) is 0 Å². The van der Waals surface area contributed by atoms with Crippen LogP contribution in [0.3, 0.4) is 0 Å². The van der Waals surface area contributed by atoms with E-state index >= 15 is 0 Å². The van der Waals surface area contributed by atoms with Gasteiger partial charge >= 0.3 is 6.09 Å². The van der Waals surface area contributed by atoms with Crippen LogP contribution >= 0.6 is 0 Å². The van der Waals surface area contributed by atoms with Crippen LogP contribution in [0.5, 0.6) is 0 Å². The minimum Gasteiger partial charge on any atom is -0.449 e. The first-order valence-electron chi connectivity index (χ1n) is 9.42. The lowest BCUT2D eigenvalue weighted by Gasteiger charge is -2.34. The van der Waals surface area contributed by atoms with Crippen LogP contribution in [0.15, 0.2) is 12.2 Å². The lowest BCUT2D eigenvalue weighted by molar-refractivity contribution is -0.136. The fourth-order valence-electron chi connectivity index (χ4n) is 3.58. The maximum absolute atomic E-state index is 13.2. The summed E-state index contributed by atoms with van der Waals surface area (Å²) < 4.78 is 10.5. The number of alkyl carbamates (subject to hydrolysis) is 1. The number of amides is 2. The van der Waals surface area contributed by atoms with E-state index in [0.29, 0.717) is 19.8 Å². The van der Waals surface area contributed by atoms with E-state index < -0.39 is 12.1 Å². The van der Waals surface area contributed by atoms with Gasteiger partial charge in [-0.3, -0.25) is 4.79 Å². The predicted octanol–water partition coefficient (Wildman–Crippen LogP) is 2.73. The fraction of sp³-hybridized carbons (Fsp3) is 0.789. The highest BCUT2D eigenvalue weighted by Gasteiger charge is 2.37. The molecule has 1 aliphatic carbocycles. The van der Waals surface area contributed by atoms with E-state index in [4.69, 9.17) is 9.47 Å². The third kappa shape index (κ3) is 5.73. The molecule has 2 aliphatic rings.